The third-order valence-electron chi connectivity index (χ3n) is 3.97. The maximum atomic E-state index is 13.1. The van der Waals surface area contributed by atoms with Crippen molar-refractivity contribution in [3.05, 3.63) is 60.6 Å². The van der Waals surface area contributed by atoms with E-state index in [4.69, 9.17) is 9.26 Å². The zero-order chi connectivity index (χ0) is 20.8. The molecule has 29 heavy (non-hydrogen) atoms. The number of hydrogen-bond acceptors (Lipinski definition) is 6. The van der Waals surface area contributed by atoms with E-state index in [0.29, 0.717) is 11.3 Å². The van der Waals surface area contributed by atoms with Gasteiger partial charge in [-0.25, -0.2) is 14.2 Å². The summed E-state index contributed by atoms with van der Waals surface area (Å²) in [6, 6.07) is 6.09. The van der Waals surface area contributed by atoms with Crippen molar-refractivity contribution >= 4 is 11.9 Å². The third-order valence-corrected chi connectivity index (χ3v) is 3.97. The average molecular weight is 400 g/mol. The fraction of sp³-hybridized carbons (Fsp3) is 0.300. The van der Waals surface area contributed by atoms with Crippen LogP contribution in [0.3, 0.4) is 0 Å². The largest absolute Gasteiger partial charge is 0.464 e. The van der Waals surface area contributed by atoms with Gasteiger partial charge in [0.1, 0.15) is 11.9 Å². The Morgan fingerprint density at radius 1 is 1.28 bits per heavy atom. The number of benzene rings is 1. The van der Waals surface area contributed by atoms with E-state index in [9.17, 15) is 14.0 Å². The molecule has 0 aliphatic rings. The van der Waals surface area contributed by atoms with Crippen molar-refractivity contribution in [2.75, 3.05) is 6.61 Å². The summed E-state index contributed by atoms with van der Waals surface area (Å²) in [6.07, 6.45) is 4.79. The normalized spacial score (nSPS) is 12.0. The molecule has 3 aromatic rings. The Hall–Kier alpha value is -3.49. The minimum atomic E-state index is -0.929. The summed E-state index contributed by atoms with van der Waals surface area (Å²) in [5.41, 5.74) is 0.570. The summed E-state index contributed by atoms with van der Waals surface area (Å²) >= 11 is 0. The lowest BCUT2D eigenvalue weighted by molar-refractivity contribution is -0.147. The van der Waals surface area contributed by atoms with Crippen molar-refractivity contribution in [2.24, 2.45) is 5.92 Å². The molecule has 152 valence electrons. The van der Waals surface area contributed by atoms with Gasteiger partial charge < -0.3 is 19.1 Å². The first-order chi connectivity index (χ1) is 13.9. The number of esters is 1. The molecule has 3 rings (SSSR count). The molecule has 0 unspecified atom stereocenters. The number of carbonyl (C=O) groups excluding carboxylic acids is 2. The lowest BCUT2D eigenvalue weighted by atomic mass is 10.1. The number of nitrogens with zero attached hydrogens (tertiary/aromatic N) is 3. The van der Waals surface area contributed by atoms with E-state index in [1.807, 2.05) is 13.8 Å². The number of carbonyl (C=O) groups is 2. The molecule has 1 aromatic carbocycles. The summed E-state index contributed by atoms with van der Waals surface area (Å²) in [6.45, 7) is 4.24. The first kappa shape index (κ1) is 20.2. The van der Waals surface area contributed by atoms with Gasteiger partial charge in [0.2, 0.25) is 0 Å². The Kier molecular flexibility index (Phi) is 6.38. The summed E-state index contributed by atoms with van der Waals surface area (Å²) in [5.74, 6) is -1.05. The van der Waals surface area contributed by atoms with Crippen molar-refractivity contribution in [2.45, 2.75) is 26.4 Å². The zero-order valence-electron chi connectivity index (χ0n) is 16.0. The summed E-state index contributed by atoms with van der Waals surface area (Å²) < 4.78 is 25.2. The molecule has 0 saturated heterocycles. The Morgan fingerprint density at radius 3 is 2.69 bits per heavy atom. The fourth-order valence-corrected chi connectivity index (χ4v) is 2.50. The van der Waals surface area contributed by atoms with E-state index in [1.165, 1.54) is 36.7 Å². The van der Waals surface area contributed by atoms with Gasteiger partial charge in [-0.3, -0.25) is 4.79 Å². The van der Waals surface area contributed by atoms with Gasteiger partial charge in [0.25, 0.3) is 5.91 Å². The van der Waals surface area contributed by atoms with Crippen LogP contribution in [0.1, 0.15) is 24.3 Å². The van der Waals surface area contributed by atoms with E-state index in [-0.39, 0.29) is 30.6 Å². The van der Waals surface area contributed by atoms with Gasteiger partial charge in [-0.2, -0.15) is 0 Å². The van der Waals surface area contributed by atoms with Gasteiger partial charge in [-0.1, -0.05) is 19.0 Å². The molecular formula is C20H21FN4O4. The molecule has 0 aliphatic heterocycles. The van der Waals surface area contributed by atoms with E-state index < -0.39 is 17.9 Å². The molecule has 1 atom stereocenters. The second-order valence-corrected chi connectivity index (χ2v) is 6.89. The van der Waals surface area contributed by atoms with Crippen LogP contribution in [0.5, 0.6) is 0 Å². The molecule has 0 spiro atoms. The zero-order valence-corrected chi connectivity index (χ0v) is 16.0. The lowest BCUT2D eigenvalue weighted by Gasteiger charge is -2.18. The highest BCUT2D eigenvalue weighted by Crippen LogP contribution is 2.20. The van der Waals surface area contributed by atoms with Crippen LogP contribution in [0.15, 0.2) is 53.6 Å². The van der Waals surface area contributed by atoms with Gasteiger partial charge in [-0.05, 0) is 30.2 Å². The minimum Gasteiger partial charge on any atom is -0.464 e. The van der Waals surface area contributed by atoms with Gasteiger partial charge in [-0.15, -0.1) is 0 Å². The standard InChI is InChI=1S/C20H21FN4O4/c1-13(2)11-28-20(27)17(10-25-8-7-22-12-25)23-19(26)16-9-18(29-24-16)14-3-5-15(21)6-4-14/h3-9,12-13,17H,10-11H2,1-2H3,(H,23,26)/t17-/m0/s1. The number of amides is 1. The fourth-order valence-electron chi connectivity index (χ4n) is 2.50. The summed E-state index contributed by atoms with van der Waals surface area (Å²) in [5, 5.41) is 6.37. The number of rotatable bonds is 8. The molecular weight excluding hydrogens is 379 g/mol. The first-order valence-corrected chi connectivity index (χ1v) is 9.08. The molecule has 2 aromatic heterocycles. The molecule has 0 saturated carbocycles. The maximum absolute atomic E-state index is 13.1. The highest BCUT2D eigenvalue weighted by Gasteiger charge is 2.25. The topological polar surface area (TPSA) is 99.2 Å². The number of aromatic nitrogens is 3. The second-order valence-electron chi connectivity index (χ2n) is 6.89. The van der Waals surface area contributed by atoms with Crippen LogP contribution in [-0.2, 0) is 16.1 Å². The first-order valence-electron chi connectivity index (χ1n) is 9.08. The van der Waals surface area contributed by atoms with Crippen molar-refractivity contribution < 1.29 is 23.2 Å². The SMILES string of the molecule is CC(C)COC(=O)[C@H](Cn1ccnc1)NC(=O)c1cc(-c2ccc(F)cc2)on1. The predicted octanol–water partition coefficient (Wildman–Crippen LogP) is 2.68. The van der Waals surface area contributed by atoms with E-state index in [0.717, 1.165) is 0 Å². The molecule has 1 N–H and O–H groups in total. The van der Waals surface area contributed by atoms with Crippen LogP contribution in [0.4, 0.5) is 4.39 Å². The molecule has 0 aliphatic carbocycles. The molecule has 9 heteroatoms. The highest BCUT2D eigenvalue weighted by molar-refractivity contribution is 5.95. The van der Waals surface area contributed by atoms with E-state index in [2.05, 4.69) is 15.5 Å². The quantitative estimate of drug-likeness (QED) is 0.584. The highest BCUT2D eigenvalue weighted by atomic mass is 19.1. The minimum absolute atomic E-state index is 0.00313. The monoisotopic (exact) mass is 400 g/mol. The van der Waals surface area contributed by atoms with Gasteiger partial charge >= 0.3 is 5.97 Å². The molecule has 2 heterocycles. The third kappa shape index (κ3) is 5.50. The molecule has 0 bridgehead atoms. The second kappa shape index (κ2) is 9.13. The Bertz CT molecular complexity index is 951. The van der Waals surface area contributed by atoms with Crippen molar-refractivity contribution in [1.29, 1.82) is 0 Å². The number of hydrogen-bond donors (Lipinski definition) is 1. The van der Waals surface area contributed by atoms with Crippen LogP contribution in [0, 0.1) is 11.7 Å². The maximum Gasteiger partial charge on any atom is 0.330 e. The molecule has 8 nitrogen and oxygen atoms in total. The number of imidazole rings is 1. The van der Waals surface area contributed by atoms with E-state index in [1.54, 1.807) is 17.0 Å². The van der Waals surface area contributed by atoms with Crippen molar-refractivity contribution in [3.63, 3.8) is 0 Å². The van der Waals surface area contributed by atoms with Gasteiger partial charge in [0.05, 0.1) is 19.5 Å². The van der Waals surface area contributed by atoms with Crippen LogP contribution in [-0.4, -0.2) is 39.2 Å². The smallest absolute Gasteiger partial charge is 0.330 e. The lowest BCUT2D eigenvalue weighted by Crippen LogP contribution is -2.45. The van der Waals surface area contributed by atoms with Crippen LogP contribution < -0.4 is 5.32 Å². The Labute approximate surface area is 166 Å². The predicted molar refractivity (Wildman–Crippen MR) is 101 cm³/mol. The Balaban J connectivity index is 1.71. The van der Waals surface area contributed by atoms with Crippen molar-refractivity contribution in [3.8, 4) is 11.3 Å². The molecule has 0 radical (unpaired) electrons. The van der Waals surface area contributed by atoms with Crippen molar-refractivity contribution in [1.82, 2.24) is 20.0 Å². The van der Waals surface area contributed by atoms with Crippen LogP contribution in [0.25, 0.3) is 11.3 Å². The molecule has 1 amide bonds. The number of halogens is 1. The van der Waals surface area contributed by atoms with E-state index >= 15 is 0 Å². The summed E-state index contributed by atoms with van der Waals surface area (Å²) in [7, 11) is 0. The van der Waals surface area contributed by atoms with Crippen LogP contribution in [0.2, 0.25) is 0 Å². The van der Waals surface area contributed by atoms with Gasteiger partial charge in [0.15, 0.2) is 11.5 Å². The Morgan fingerprint density at radius 2 is 2.03 bits per heavy atom. The molecule has 0 fully saturated rings. The number of ether oxygens (including phenoxy) is 1. The van der Waals surface area contributed by atoms with Gasteiger partial charge in [0, 0.05) is 24.0 Å². The van der Waals surface area contributed by atoms with Crippen LogP contribution >= 0.6 is 0 Å². The average Bonchev–Trinajstić information content (AvgIpc) is 3.38. The summed E-state index contributed by atoms with van der Waals surface area (Å²) in [4.78, 5) is 29.0. The number of nitrogens with one attached hydrogen (secondary N) is 1.